The number of rotatable bonds is 7. The molecule has 0 aliphatic carbocycles. The van der Waals surface area contributed by atoms with Crippen LogP contribution in [0.25, 0.3) is 0 Å². The summed E-state index contributed by atoms with van der Waals surface area (Å²) in [6, 6.07) is -1.14. The van der Waals surface area contributed by atoms with Crippen LogP contribution in [0.2, 0.25) is 0 Å². The molecule has 0 fully saturated rings. The lowest BCUT2D eigenvalue weighted by Crippen LogP contribution is -2.61. The summed E-state index contributed by atoms with van der Waals surface area (Å²) in [6.45, 7) is 2.61. The normalized spacial score (nSPS) is 23.8. The van der Waals surface area contributed by atoms with E-state index in [0.717, 1.165) is 27.0 Å². The molecule has 1 heterocycles. The third-order valence-corrected chi connectivity index (χ3v) is 3.56. The minimum Gasteiger partial charge on any atom is -0.478 e. The Bertz CT molecular complexity index is 616. The smallest absolute Gasteiger partial charge is 0.373 e. The monoisotopic (exact) mass is 389 g/mol. The highest BCUT2D eigenvalue weighted by atomic mass is 16.6. The Kier molecular flexibility index (Phi) is 8.19. The number of ether oxygens (including phenoxy) is 4. The van der Waals surface area contributed by atoms with Crippen LogP contribution in [0.1, 0.15) is 20.8 Å². The predicted octanol–water partition coefficient (Wildman–Crippen LogP) is -1.84. The first-order chi connectivity index (χ1) is 12.6. The van der Waals surface area contributed by atoms with E-state index in [2.05, 4.69) is 10.1 Å². The molecule has 0 spiro atoms. The Labute approximate surface area is 155 Å². The Balaban J connectivity index is 3.30. The van der Waals surface area contributed by atoms with Gasteiger partial charge in [-0.25, -0.2) is 4.79 Å². The molecular weight excluding hydrogens is 366 g/mol. The zero-order valence-corrected chi connectivity index (χ0v) is 15.3. The van der Waals surface area contributed by atoms with Gasteiger partial charge < -0.3 is 34.5 Å². The van der Waals surface area contributed by atoms with Crippen molar-refractivity contribution in [1.82, 2.24) is 5.32 Å². The van der Waals surface area contributed by atoms with E-state index in [1.165, 1.54) is 6.92 Å². The number of nitrogens with one attached hydrogen (secondary N) is 1. The van der Waals surface area contributed by atoms with E-state index >= 15 is 0 Å². The predicted molar refractivity (Wildman–Crippen MR) is 86.8 cm³/mol. The molecule has 0 unspecified atom stereocenters. The van der Waals surface area contributed by atoms with Crippen molar-refractivity contribution in [2.75, 3.05) is 13.7 Å². The number of carbonyl (C=O) groups excluding carboxylic acids is 4. The fourth-order valence-corrected chi connectivity index (χ4v) is 2.54. The third kappa shape index (κ3) is 6.22. The second-order valence-electron chi connectivity index (χ2n) is 5.73. The van der Waals surface area contributed by atoms with Crippen molar-refractivity contribution in [2.45, 2.75) is 51.2 Å². The molecule has 0 aromatic heterocycles. The zero-order chi connectivity index (χ0) is 20.7. The number of hydrogen-bond acceptors (Lipinski definition) is 10. The van der Waals surface area contributed by atoms with Crippen molar-refractivity contribution in [2.24, 2.45) is 0 Å². The number of aliphatic hydroxyl groups is 2. The number of hydrogen-bond donors (Lipinski definition) is 3. The van der Waals surface area contributed by atoms with Gasteiger partial charge in [-0.2, -0.15) is 0 Å². The van der Waals surface area contributed by atoms with Crippen LogP contribution in [0.4, 0.5) is 0 Å². The summed E-state index contributed by atoms with van der Waals surface area (Å²) in [4.78, 5) is 46.0. The number of aliphatic hydroxyl groups excluding tert-OH is 2. The standard InChI is InChI=1S/C16H23NO10/c1-7(19)17-13-10(25-8(2)20)5-11(16(23)24-4)27-15(13)14(22)12(6-18)26-9(3)21/h5,10,12-15,18,22H,6H2,1-4H3,(H,17,19)/t10-,12+,13+,14+,15+/m0/s1. The molecule has 0 saturated carbocycles. The highest BCUT2D eigenvalue weighted by Gasteiger charge is 2.46. The number of esters is 3. The first-order valence-corrected chi connectivity index (χ1v) is 7.98. The van der Waals surface area contributed by atoms with E-state index in [9.17, 15) is 29.4 Å². The van der Waals surface area contributed by atoms with Crippen LogP contribution in [0.3, 0.4) is 0 Å². The molecule has 5 atom stereocenters. The average molecular weight is 389 g/mol. The molecule has 1 aliphatic rings. The second-order valence-corrected chi connectivity index (χ2v) is 5.73. The fourth-order valence-electron chi connectivity index (χ4n) is 2.54. The SMILES string of the molecule is COC(=O)C1=C[C@H](OC(C)=O)[C@@H](NC(C)=O)[C@H]([C@H](O)[C@@H](CO)OC(C)=O)O1. The van der Waals surface area contributed by atoms with E-state index in [1.54, 1.807) is 0 Å². The van der Waals surface area contributed by atoms with Gasteiger partial charge in [-0.1, -0.05) is 0 Å². The van der Waals surface area contributed by atoms with E-state index in [0.29, 0.717) is 0 Å². The minimum atomic E-state index is -1.68. The first kappa shape index (κ1) is 22.4. The fraction of sp³-hybridized carbons (Fsp3) is 0.625. The second kappa shape index (κ2) is 9.88. The summed E-state index contributed by atoms with van der Waals surface area (Å²) in [7, 11) is 1.09. The largest absolute Gasteiger partial charge is 0.478 e. The van der Waals surface area contributed by atoms with Crippen LogP contribution in [-0.4, -0.2) is 78.2 Å². The van der Waals surface area contributed by atoms with Crippen molar-refractivity contribution in [1.29, 1.82) is 0 Å². The van der Waals surface area contributed by atoms with E-state index in [1.807, 2.05) is 0 Å². The summed E-state index contributed by atoms with van der Waals surface area (Å²) in [5, 5.41) is 22.4. The van der Waals surface area contributed by atoms with E-state index < -0.39 is 60.9 Å². The molecule has 0 bridgehead atoms. The summed E-state index contributed by atoms with van der Waals surface area (Å²) in [5.41, 5.74) is 0. The zero-order valence-electron chi connectivity index (χ0n) is 15.3. The lowest BCUT2D eigenvalue weighted by Gasteiger charge is -2.39. The van der Waals surface area contributed by atoms with E-state index in [-0.39, 0.29) is 5.76 Å². The van der Waals surface area contributed by atoms with Crippen LogP contribution in [-0.2, 0) is 38.1 Å². The summed E-state index contributed by atoms with van der Waals surface area (Å²) >= 11 is 0. The van der Waals surface area contributed by atoms with Gasteiger partial charge in [-0.15, -0.1) is 0 Å². The van der Waals surface area contributed by atoms with Crippen LogP contribution < -0.4 is 5.32 Å². The molecule has 0 radical (unpaired) electrons. The molecular formula is C16H23NO10. The van der Waals surface area contributed by atoms with Gasteiger partial charge in [0, 0.05) is 26.8 Å². The molecule has 27 heavy (non-hydrogen) atoms. The quantitative estimate of drug-likeness (QED) is 0.334. The van der Waals surface area contributed by atoms with E-state index in [4.69, 9.17) is 14.2 Å². The van der Waals surface area contributed by atoms with Gasteiger partial charge in [0.2, 0.25) is 11.7 Å². The van der Waals surface area contributed by atoms with Crippen LogP contribution in [0.15, 0.2) is 11.8 Å². The van der Waals surface area contributed by atoms with Crippen LogP contribution in [0.5, 0.6) is 0 Å². The Morgan fingerprint density at radius 1 is 1.22 bits per heavy atom. The first-order valence-electron chi connectivity index (χ1n) is 7.98. The van der Waals surface area contributed by atoms with Gasteiger partial charge in [-0.05, 0) is 0 Å². The Morgan fingerprint density at radius 2 is 1.85 bits per heavy atom. The van der Waals surface area contributed by atoms with Gasteiger partial charge in [0.25, 0.3) is 0 Å². The molecule has 152 valence electrons. The number of methoxy groups -OCH3 is 1. The lowest BCUT2D eigenvalue weighted by atomic mass is 9.93. The van der Waals surface area contributed by atoms with Gasteiger partial charge in [0.15, 0.2) is 12.2 Å². The summed E-state index contributed by atoms with van der Waals surface area (Å²) < 4.78 is 19.9. The topological polar surface area (TPSA) is 158 Å². The third-order valence-electron chi connectivity index (χ3n) is 3.56. The van der Waals surface area contributed by atoms with Crippen LogP contribution >= 0.6 is 0 Å². The van der Waals surface area contributed by atoms with Crippen molar-refractivity contribution < 1.29 is 48.3 Å². The van der Waals surface area contributed by atoms with Gasteiger partial charge >= 0.3 is 17.9 Å². The van der Waals surface area contributed by atoms with Gasteiger partial charge in [-0.3, -0.25) is 14.4 Å². The van der Waals surface area contributed by atoms with Crippen LogP contribution in [0, 0.1) is 0 Å². The Hall–Kier alpha value is -2.66. The van der Waals surface area contributed by atoms with Crippen molar-refractivity contribution >= 4 is 23.8 Å². The Morgan fingerprint density at radius 3 is 2.30 bits per heavy atom. The van der Waals surface area contributed by atoms with Crippen molar-refractivity contribution in [3.63, 3.8) is 0 Å². The molecule has 0 aromatic carbocycles. The summed E-state index contributed by atoms with van der Waals surface area (Å²) in [6.07, 6.45) is -4.57. The molecule has 1 aliphatic heterocycles. The summed E-state index contributed by atoms with van der Waals surface area (Å²) in [5.74, 6) is -3.33. The van der Waals surface area contributed by atoms with Crippen molar-refractivity contribution in [3.8, 4) is 0 Å². The molecule has 1 rings (SSSR count). The highest BCUT2D eigenvalue weighted by Crippen LogP contribution is 2.26. The molecule has 1 amide bonds. The van der Waals surface area contributed by atoms with Crippen molar-refractivity contribution in [3.05, 3.63) is 11.8 Å². The molecule has 11 nitrogen and oxygen atoms in total. The van der Waals surface area contributed by atoms with Gasteiger partial charge in [0.1, 0.15) is 18.2 Å². The lowest BCUT2D eigenvalue weighted by molar-refractivity contribution is -0.174. The highest BCUT2D eigenvalue weighted by molar-refractivity contribution is 5.86. The minimum absolute atomic E-state index is 0.381. The molecule has 3 N–H and O–H groups in total. The number of amides is 1. The molecule has 11 heteroatoms. The maximum Gasteiger partial charge on any atom is 0.373 e. The molecule has 0 aromatic rings. The molecule has 0 saturated heterocycles. The van der Waals surface area contributed by atoms with Gasteiger partial charge in [0.05, 0.1) is 13.7 Å². The maximum atomic E-state index is 11.9. The maximum absolute atomic E-state index is 11.9. The number of carbonyl (C=O) groups is 4. The average Bonchev–Trinajstić information content (AvgIpc) is 2.58.